The van der Waals surface area contributed by atoms with Crippen molar-refractivity contribution in [3.63, 3.8) is 0 Å². The molecule has 0 aliphatic rings. The van der Waals surface area contributed by atoms with Crippen LogP contribution in [-0.4, -0.2) is 27.8 Å². The van der Waals surface area contributed by atoms with Gasteiger partial charge in [0.1, 0.15) is 0 Å². The summed E-state index contributed by atoms with van der Waals surface area (Å²) in [6, 6.07) is 1.81. The minimum atomic E-state index is -0.176. The van der Waals surface area contributed by atoms with Gasteiger partial charge in [-0.25, -0.2) is 0 Å². The second-order valence-corrected chi connectivity index (χ2v) is 4.89. The number of aryl methyl sites for hydroxylation is 1. The summed E-state index contributed by atoms with van der Waals surface area (Å²) in [6.07, 6.45) is 3.59. The number of H-pyrrole nitrogens is 1. The Bertz CT molecular complexity index is 620. The van der Waals surface area contributed by atoms with Gasteiger partial charge in [0.2, 0.25) is 0 Å². The lowest BCUT2D eigenvalue weighted by atomic mass is 10.2. The van der Waals surface area contributed by atoms with Crippen molar-refractivity contribution in [2.24, 2.45) is 0 Å². The first-order valence-electron chi connectivity index (χ1n) is 5.71. The number of hydrogen-bond donors (Lipinski definition) is 3. The molecule has 98 valence electrons. The minimum absolute atomic E-state index is 0.0469. The molecule has 1 amide bonds. The molecule has 5 nitrogen and oxygen atoms in total. The molecule has 0 spiro atoms. The highest BCUT2D eigenvalue weighted by molar-refractivity contribution is 7.14. The summed E-state index contributed by atoms with van der Waals surface area (Å²) in [4.78, 5) is 13.4. The third-order valence-electron chi connectivity index (χ3n) is 2.34. The van der Waals surface area contributed by atoms with Crippen LogP contribution in [0, 0.1) is 18.8 Å². The highest BCUT2D eigenvalue weighted by Crippen LogP contribution is 2.22. The summed E-state index contributed by atoms with van der Waals surface area (Å²) in [5, 5.41) is 17.8. The van der Waals surface area contributed by atoms with E-state index in [2.05, 4.69) is 27.4 Å². The maximum atomic E-state index is 12.0. The lowest BCUT2D eigenvalue weighted by Crippen LogP contribution is -2.09. The van der Waals surface area contributed by atoms with Gasteiger partial charge in [0, 0.05) is 12.6 Å². The first-order chi connectivity index (χ1) is 9.20. The summed E-state index contributed by atoms with van der Waals surface area (Å²) < 4.78 is 0. The van der Waals surface area contributed by atoms with Gasteiger partial charge in [0.25, 0.3) is 5.91 Å². The molecular formula is C13H13N3O2S. The standard InChI is InChI=1S/C13H13N3O2S/c1-9-6-12(19-11(9)4-2-3-5-17)13(18)16-10-7-14-15-8-10/h6-8,17H,3,5H2,1H3,(H,14,15)(H,16,18). The molecule has 0 aliphatic heterocycles. The minimum Gasteiger partial charge on any atom is -0.395 e. The van der Waals surface area contributed by atoms with Crippen molar-refractivity contribution in [3.05, 3.63) is 33.8 Å². The molecule has 2 aromatic rings. The Kier molecular flexibility index (Phi) is 4.34. The molecule has 6 heteroatoms. The van der Waals surface area contributed by atoms with Gasteiger partial charge in [-0.3, -0.25) is 9.89 Å². The average Bonchev–Trinajstić information content (AvgIpc) is 3.00. The Morgan fingerprint density at radius 2 is 2.47 bits per heavy atom. The van der Waals surface area contributed by atoms with Gasteiger partial charge in [0.15, 0.2) is 0 Å². The molecule has 0 radical (unpaired) electrons. The fourth-order valence-corrected chi connectivity index (χ4v) is 2.37. The van der Waals surface area contributed by atoms with Gasteiger partial charge in [-0.1, -0.05) is 11.8 Å². The number of carbonyl (C=O) groups is 1. The van der Waals surface area contributed by atoms with E-state index in [0.29, 0.717) is 17.0 Å². The zero-order valence-corrected chi connectivity index (χ0v) is 11.2. The van der Waals surface area contributed by atoms with Crippen LogP contribution < -0.4 is 5.32 Å². The van der Waals surface area contributed by atoms with Crippen molar-refractivity contribution in [1.29, 1.82) is 0 Å². The molecule has 3 N–H and O–H groups in total. The molecule has 19 heavy (non-hydrogen) atoms. The molecule has 0 aliphatic carbocycles. The van der Waals surface area contributed by atoms with E-state index < -0.39 is 0 Å². The van der Waals surface area contributed by atoms with E-state index in [1.165, 1.54) is 11.3 Å². The first-order valence-corrected chi connectivity index (χ1v) is 6.52. The zero-order chi connectivity index (χ0) is 13.7. The highest BCUT2D eigenvalue weighted by atomic mass is 32.1. The second-order valence-electron chi connectivity index (χ2n) is 3.84. The SMILES string of the molecule is Cc1cc(C(=O)Nc2cn[nH]c2)sc1C#CCCO. The molecule has 2 heterocycles. The largest absolute Gasteiger partial charge is 0.395 e. The number of aromatic amines is 1. The average molecular weight is 275 g/mol. The summed E-state index contributed by atoms with van der Waals surface area (Å²) in [5.41, 5.74) is 1.59. The summed E-state index contributed by atoms with van der Waals surface area (Å²) in [6.45, 7) is 1.96. The molecule has 0 bridgehead atoms. The van der Waals surface area contributed by atoms with Crippen LogP contribution in [0.15, 0.2) is 18.5 Å². The Balaban J connectivity index is 2.11. The molecule has 0 aromatic carbocycles. The third kappa shape index (κ3) is 3.44. The molecule has 2 aromatic heterocycles. The van der Waals surface area contributed by atoms with E-state index in [-0.39, 0.29) is 12.5 Å². The number of anilines is 1. The predicted octanol–water partition coefficient (Wildman–Crippen LogP) is 1.77. The van der Waals surface area contributed by atoms with Crippen molar-refractivity contribution in [1.82, 2.24) is 10.2 Å². The molecule has 0 fully saturated rings. The molecule has 0 saturated heterocycles. The number of aliphatic hydroxyl groups is 1. The van der Waals surface area contributed by atoms with E-state index in [9.17, 15) is 4.79 Å². The summed E-state index contributed by atoms with van der Waals surface area (Å²) in [7, 11) is 0. The van der Waals surface area contributed by atoms with Crippen molar-refractivity contribution >= 4 is 22.9 Å². The van der Waals surface area contributed by atoms with Crippen LogP contribution >= 0.6 is 11.3 Å². The van der Waals surface area contributed by atoms with Crippen LogP contribution in [0.3, 0.4) is 0 Å². The number of nitrogens with zero attached hydrogens (tertiary/aromatic N) is 1. The van der Waals surface area contributed by atoms with Gasteiger partial charge < -0.3 is 10.4 Å². The van der Waals surface area contributed by atoms with Gasteiger partial charge in [-0.05, 0) is 18.6 Å². The Morgan fingerprint density at radius 3 is 3.16 bits per heavy atom. The zero-order valence-electron chi connectivity index (χ0n) is 10.4. The molecule has 2 rings (SSSR count). The maximum absolute atomic E-state index is 12.0. The van der Waals surface area contributed by atoms with Gasteiger partial charge >= 0.3 is 0 Å². The monoisotopic (exact) mass is 275 g/mol. The van der Waals surface area contributed by atoms with Crippen LogP contribution in [-0.2, 0) is 0 Å². The van der Waals surface area contributed by atoms with Crippen LogP contribution in [0.4, 0.5) is 5.69 Å². The first kappa shape index (κ1) is 13.3. The van der Waals surface area contributed by atoms with Crippen LogP contribution in [0.1, 0.15) is 26.5 Å². The van der Waals surface area contributed by atoms with Gasteiger partial charge in [0.05, 0.1) is 28.2 Å². The number of thiophene rings is 1. The number of nitrogens with one attached hydrogen (secondary N) is 2. The highest BCUT2D eigenvalue weighted by Gasteiger charge is 2.12. The Labute approximate surface area is 114 Å². The van der Waals surface area contributed by atoms with E-state index >= 15 is 0 Å². The normalized spacial score (nSPS) is 9.79. The quantitative estimate of drug-likeness (QED) is 0.747. The van der Waals surface area contributed by atoms with E-state index in [4.69, 9.17) is 5.11 Å². The predicted molar refractivity (Wildman–Crippen MR) is 74.2 cm³/mol. The van der Waals surface area contributed by atoms with Gasteiger partial charge in [-0.2, -0.15) is 5.10 Å². The van der Waals surface area contributed by atoms with Crippen molar-refractivity contribution in [2.45, 2.75) is 13.3 Å². The van der Waals surface area contributed by atoms with Crippen molar-refractivity contribution in [3.8, 4) is 11.8 Å². The van der Waals surface area contributed by atoms with E-state index in [0.717, 1.165) is 10.4 Å². The number of carbonyl (C=O) groups excluding carboxylic acids is 1. The Morgan fingerprint density at radius 1 is 1.63 bits per heavy atom. The number of rotatable bonds is 3. The van der Waals surface area contributed by atoms with Crippen LogP contribution in [0.5, 0.6) is 0 Å². The van der Waals surface area contributed by atoms with Crippen molar-refractivity contribution in [2.75, 3.05) is 11.9 Å². The fourth-order valence-electron chi connectivity index (χ4n) is 1.43. The van der Waals surface area contributed by atoms with Crippen LogP contribution in [0.25, 0.3) is 0 Å². The topological polar surface area (TPSA) is 78.0 Å². The third-order valence-corrected chi connectivity index (χ3v) is 3.49. The summed E-state index contributed by atoms with van der Waals surface area (Å²) in [5.74, 6) is 5.64. The lowest BCUT2D eigenvalue weighted by Gasteiger charge is -1.97. The molecule has 0 unspecified atom stereocenters. The Hall–Kier alpha value is -2.10. The van der Waals surface area contributed by atoms with Crippen molar-refractivity contribution < 1.29 is 9.90 Å². The number of hydrogen-bond acceptors (Lipinski definition) is 4. The fraction of sp³-hybridized carbons (Fsp3) is 0.231. The lowest BCUT2D eigenvalue weighted by molar-refractivity contribution is 0.103. The second kappa shape index (κ2) is 6.18. The number of amides is 1. The summed E-state index contributed by atoms with van der Waals surface area (Å²) >= 11 is 1.34. The molecule has 0 atom stereocenters. The number of aromatic nitrogens is 2. The van der Waals surface area contributed by atoms with Crippen LogP contribution in [0.2, 0.25) is 0 Å². The molecule has 0 saturated carbocycles. The number of aliphatic hydroxyl groups excluding tert-OH is 1. The smallest absolute Gasteiger partial charge is 0.265 e. The van der Waals surface area contributed by atoms with Gasteiger partial charge in [-0.15, -0.1) is 11.3 Å². The molecular weight excluding hydrogens is 262 g/mol. The van der Waals surface area contributed by atoms with E-state index in [1.54, 1.807) is 12.4 Å². The van der Waals surface area contributed by atoms with E-state index in [1.807, 2.05) is 13.0 Å². The maximum Gasteiger partial charge on any atom is 0.265 e.